The number of rotatable bonds is 3. The molecule has 0 atom stereocenters. The predicted molar refractivity (Wildman–Crippen MR) is 78.5 cm³/mol. The monoisotopic (exact) mass is 277 g/mol. The number of ether oxygens (including phenoxy) is 1. The summed E-state index contributed by atoms with van der Waals surface area (Å²) in [6.07, 6.45) is 2.47. The summed E-state index contributed by atoms with van der Waals surface area (Å²) in [5.41, 5.74) is 0.504. The van der Waals surface area contributed by atoms with Crippen LogP contribution in [0.15, 0.2) is 18.8 Å². The quantitative estimate of drug-likeness (QED) is 0.889. The van der Waals surface area contributed by atoms with Gasteiger partial charge in [-0.3, -0.25) is 10.1 Å². The van der Waals surface area contributed by atoms with Gasteiger partial charge in [0.1, 0.15) is 11.4 Å². The number of carbonyl (C=O) groups is 2. The third kappa shape index (κ3) is 5.09. The number of hydrogen-bond donors (Lipinski definition) is 2. The van der Waals surface area contributed by atoms with E-state index in [4.69, 9.17) is 4.74 Å². The van der Waals surface area contributed by atoms with Gasteiger partial charge in [-0.2, -0.15) is 0 Å². The number of aromatic nitrogens is 1. The van der Waals surface area contributed by atoms with E-state index >= 15 is 0 Å². The molecule has 0 aliphatic rings. The average molecular weight is 277 g/mol. The van der Waals surface area contributed by atoms with Crippen LogP contribution in [0.4, 0.5) is 16.3 Å². The predicted octanol–water partition coefficient (Wildman–Crippen LogP) is 3.03. The lowest BCUT2D eigenvalue weighted by atomic mass is 10.2. The Kier molecular flexibility index (Phi) is 4.85. The Bertz CT molecular complexity index is 533. The molecule has 1 aromatic heterocycles. The van der Waals surface area contributed by atoms with Crippen molar-refractivity contribution in [3.8, 4) is 0 Å². The fraction of sp³-hybridized carbons (Fsp3) is 0.357. The molecule has 1 rings (SSSR count). The molecule has 0 saturated heterocycles. The highest BCUT2D eigenvalue weighted by Crippen LogP contribution is 2.20. The Morgan fingerprint density at radius 1 is 1.35 bits per heavy atom. The van der Waals surface area contributed by atoms with Gasteiger partial charge in [0.25, 0.3) is 0 Å². The lowest BCUT2D eigenvalue weighted by molar-refractivity contribution is -0.114. The van der Waals surface area contributed by atoms with Crippen molar-refractivity contribution in [1.82, 2.24) is 4.98 Å². The number of nitrogens with zero attached hydrogens (tertiary/aromatic N) is 1. The SMILES string of the molecule is C=Cc1cnc(NC(C)=O)cc1NC(=O)OC(C)(C)C. The highest BCUT2D eigenvalue weighted by Gasteiger charge is 2.17. The molecule has 0 aliphatic heterocycles. The van der Waals surface area contributed by atoms with Crippen molar-refractivity contribution in [1.29, 1.82) is 0 Å². The van der Waals surface area contributed by atoms with Crippen LogP contribution in [0.5, 0.6) is 0 Å². The molecule has 2 N–H and O–H groups in total. The minimum Gasteiger partial charge on any atom is -0.444 e. The molecule has 1 heterocycles. The highest BCUT2D eigenvalue weighted by molar-refractivity contribution is 5.91. The zero-order valence-electron chi connectivity index (χ0n) is 12.1. The van der Waals surface area contributed by atoms with Crippen molar-refractivity contribution in [2.75, 3.05) is 10.6 Å². The van der Waals surface area contributed by atoms with Crippen LogP contribution in [0, 0.1) is 0 Å². The van der Waals surface area contributed by atoms with Crippen molar-refractivity contribution in [2.24, 2.45) is 0 Å². The standard InChI is InChI=1S/C14H19N3O3/c1-6-10-8-15-12(16-9(2)18)7-11(10)17-13(19)20-14(3,4)5/h6-8H,1H2,2-5H3,(H2,15,16,17,18,19). The van der Waals surface area contributed by atoms with E-state index in [1.54, 1.807) is 32.9 Å². The van der Waals surface area contributed by atoms with Gasteiger partial charge in [0, 0.05) is 24.8 Å². The number of carbonyl (C=O) groups excluding carboxylic acids is 2. The zero-order valence-corrected chi connectivity index (χ0v) is 12.1. The third-order valence-electron chi connectivity index (χ3n) is 2.09. The minimum absolute atomic E-state index is 0.243. The maximum absolute atomic E-state index is 11.8. The van der Waals surface area contributed by atoms with Crippen LogP contribution in [0.25, 0.3) is 6.08 Å². The number of hydrogen-bond acceptors (Lipinski definition) is 4. The first kappa shape index (κ1) is 15.7. The Labute approximate surface area is 118 Å². The van der Waals surface area contributed by atoms with E-state index in [0.29, 0.717) is 17.1 Å². The van der Waals surface area contributed by atoms with Gasteiger partial charge >= 0.3 is 6.09 Å². The number of nitrogens with one attached hydrogen (secondary N) is 2. The summed E-state index contributed by atoms with van der Waals surface area (Å²) in [7, 11) is 0. The maximum atomic E-state index is 11.8. The van der Waals surface area contributed by atoms with Gasteiger partial charge < -0.3 is 10.1 Å². The molecular weight excluding hydrogens is 258 g/mol. The fourth-order valence-electron chi connectivity index (χ4n) is 1.40. The van der Waals surface area contributed by atoms with Gasteiger partial charge in [-0.05, 0) is 20.8 Å². The summed E-state index contributed by atoms with van der Waals surface area (Å²) in [6.45, 7) is 10.3. The first-order chi connectivity index (χ1) is 9.21. The normalized spacial score (nSPS) is 10.6. The van der Waals surface area contributed by atoms with Gasteiger partial charge in [0.05, 0.1) is 5.69 Å². The average Bonchev–Trinajstić information content (AvgIpc) is 2.25. The van der Waals surface area contributed by atoms with E-state index in [2.05, 4.69) is 22.2 Å². The largest absolute Gasteiger partial charge is 0.444 e. The number of amides is 2. The van der Waals surface area contributed by atoms with Crippen LogP contribution in [0.1, 0.15) is 33.3 Å². The van der Waals surface area contributed by atoms with Crippen molar-refractivity contribution in [2.45, 2.75) is 33.3 Å². The minimum atomic E-state index is -0.591. The van der Waals surface area contributed by atoms with Crippen molar-refractivity contribution in [3.63, 3.8) is 0 Å². The highest BCUT2D eigenvalue weighted by atomic mass is 16.6. The second-order valence-electron chi connectivity index (χ2n) is 5.17. The summed E-state index contributed by atoms with van der Waals surface area (Å²) >= 11 is 0. The topological polar surface area (TPSA) is 80.3 Å². The molecule has 0 spiro atoms. The maximum Gasteiger partial charge on any atom is 0.412 e. The number of pyridine rings is 1. The molecule has 108 valence electrons. The molecule has 0 aromatic carbocycles. The summed E-state index contributed by atoms with van der Waals surface area (Å²) in [6, 6.07) is 1.54. The first-order valence-electron chi connectivity index (χ1n) is 6.11. The summed E-state index contributed by atoms with van der Waals surface area (Å²) in [4.78, 5) is 26.8. The van der Waals surface area contributed by atoms with E-state index in [1.165, 1.54) is 13.1 Å². The molecule has 0 radical (unpaired) electrons. The molecular formula is C14H19N3O3. The van der Waals surface area contributed by atoms with Crippen LogP contribution in [-0.2, 0) is 9.53 Å². The van der Waals surface area contributed by atoms with E-state index < -0.39 is 11.7 Å². The second-order valence-corrected chi connectivity index (χ2v) is 5.17. The van der Waals surface area contributed by atoms with Crippen LogP contribution in [-0.4, -0.2) is 22.6 Å². The Morgan fingerprint density at radius 2 is 2.00 bits per heavy atom. The van der Waals surface area contributed by atoms with Gasteiger partial charge in [0.2, 0.25) is 5.91 Å². The summed E-state index contributed by atoms with van der Waals surface area (Å²) in [5, 5.41) is 5.15. The fourth-order valence-corrected chi connectivity index (χ4v) is 1.40. The van der Waals surface area contributed by atoms with E-state index in [-0.39, 0.29) is 5.91 Å². The molecule has 1 aromatic rings. The van der Waals surface area contributed by atoms with Crippen molar-refractivity contribution in [3.05, 3.63) is 24.4 Å². The lowest BCUT2D eigenvalue weighted by Crippen LogP contribution is -2.27. The van der Waals surface area contributed by atoms with Crippen LogP contribution < -0.4 is 10.6 Å². The van der Waals surface area contributed by atoms with Crippen LogP contribution in [0.3, 0.4) is 0 Å². The molecule has 0 aliphatic carbocycles. The molecule has 6 heteroatoms. The lowest BCUT2D eigenvalue weighted by Gasteiger charge is -2.20. The second kappa shape index (κ2) is 6.18. The van der Waals surface area contributed by atoms with E-state index in [1.807, 2.05) is 0 Å². The van der Waals surface area contributed by atoms with Gasteiger partial charge in [-0.15, -0.1) is 0 Å². The Hall–Kier alpha value is -2.37. The molecule has 0 unspecified atom stereocenters. The molecule has 0 bridgehead atoms. The molecule has 0 saturated carbocycles. The van der Waals surface area contributed by atoms with Gasteiger partial charge in [0.15, 0.2) is 0 Å². The Morgan fingerprint density at radius 3 is 2.50 bits per heavy atom. The molecule has 20 heavy (non-hydrogen) atoms. The molecule has 2 amide bonds. The zero-order chi connectivity index (χ0) is 15.3. The van der Waals surface area contributed by atoms with Gasteiger partial charge in [-0.1, -0.05) is 12.7 Å². The van der Waals surface area contributed by atoms with E-state index in [9.17, 15) is 9.59 Å². The van der Waals surface area contributed by atoms with Crippen LogP contribution in [0.2, 0.25) is 0 Å². The van der Waals surface area contributed by atoms with Crippen molar-refractivity contribution >= 4 is 29.6 Å². The summed E-state index contributed by atoms with van der Waals surface area (Å²) in [5.74, 6) is 0.0984. The van der Waals surface area contributed by atoms with E-state index in [0.717, 1.165) is 0 Å². The number of anilines is 2. The molecule has 6 nitrogen and oxygen atoms in total. The van der Waals surface area contributed by atoms with Crippen molar-refractivity contribution < 1.29 is 14.3 Å². The Balaban J connectivity index is 2.93. The summed E-state index contributed by atoms with van der Waals surface area (Å²) < 4.78 is 5.17. The smallest absolute Gasteiger partial charge is 0.412 e. The van der Waals surface area contributed by atoms with Gasteiger partial charge in [-0.25, -0.2) is 9.78 Å². The third-order valence-corrected chi connectivity index (χ3v) is 2.09. The van der Waals surface area contributed by atoms with Crippen LogP contribution >= 0.6 is 0 Å². The molecule has 0 fully saturated rings. The first-order valence-corrected chi connectivity index (χ1v) is 6.11.